The first-order valence-electron chi connectivity index (χ1n) is 3.61. The maximum Gasteiger partial charge on any atom is 0.404 e. The van der Waals surface area contributed by atoms with Gasteiger partial charge in [-0.1, -0.05) is 0 Å². The van der Waals surface area contributed by atoms with E-state index in [2.05, 4.69) is 10.5 Å². The van der Waals surface area contributed by atoms with E-state index >= 15 is 0 Å². The summed E-state index contributed by atoms with van der Waals surface area (Å²) in [4.78, 5) is 43.2. The van der Waals surface area contributed by atoms with E-state index in [1.807, 2.05) is 0 Å². The van der Waals surface area contributed by atoms with E-state index in [0.29, 0.717) is 4.90 Å². The van der Waals surface area contributed by atoms with Gasteiger partial charge in [0.1, 0.15) is 6.61 Å². The Labute approximate surface area is 78.0 Å². The molecular formula is C6H7N3O5. The van der Waals surface area contributed by atoms with Crippen molar-refractivity contribution in [2.24, 2.45) is 5.73 Å². The van der Waals surface area contributed by atoms with Crippen molar-refractivity contribution in [1.82, 2.24) is 10.2 Å². The minimum absolute atomic E-state index is 0.195. The molecule has 1 aliphatic rings. The minimum atomic E-state index is -1.01. The van der Waals surface area contributed by atoms with Crippen molar-refractivity contribution in [3.05, 3.63) is 0 Å². The Kier molecular flexibility index (Phi) is 2.65. The number of primary amides is 1. The van der Waals surface area contributed by atoms with Crippen molar-refractivity contribution >= 4 is 23.9 Å². The summed E-state index contributed by atoms with van der Waals surface area (Å²) in [5.41, 5.74) is 4.64. The summed E-state index contributed by atoms with van der Waals surface area (Å²) >= 11 is 0. The zero-order chi connectivity index (χ0) is 10.7. The number of rotatable bonds is 3. The molecule has 0 radical (unpaired) electrons. The van der Waals surface area contributed by atoms with Crippen molar-refractivity contribution in [1.29, 1.82) is 0 Å². The lowest BCUT2D eigenvalue weighted by molar-refractivity contribution is -0.140. The summed E-state index contributed by atoms with van der Waals surface area (Å²) in [5, 5.41) is 1.78. The van der Waals surface area contributed by atoms with Crippen molar-refractivity contribution in [2.75, 3.05) is 13.2 Å². The lowest BCUT2D eigenvalue weighted by Gasteiger charge is -2.09. The summed E-state index contributed by atoms with van der Waals surface area (Å²) in [6.45, 7) is -0.429. The monoisotopic (exact) mass is 201 g/mol. The normalized spacial score (nSPS) is 15.7. The molecule has 8 heteroatoms. The van der Waals surface area contributed by atoms with Crippen molar-refractivity contribution < 1.29 is 23.9 Å². The van der Waals surface area contributed by atoms with E-state index in [1.165, 1.54) is 0 Å². The maximum atomic E-state index is 10.9. The van der Waals surface area contributed by atoms with Gasteiger partial charge in [0.25, 0.3) is 0 Å². The van der Waals surface area contributed by atoms with E-state index in [0.717, 1.165) is 0 Å². The smallest absolute Gasteiger partial charge is 0.404 e. The number of amides is 5. The third-order valence-electron chi connectivity index (χ3n) is 1.46. The molecule has 0 aromatic rings. The Balaban J connectivity index is 2.45. The standard InChI is InChI=1S/C6H7N3O5/c7-5(12)14-2-1-9-4(11)3(10)8-6(9)13/h1-2H2,(H2,7,12)(H,8,10,13). The van der Waals surface area contributed by atoms with Gasteiger partial charge in [-0.05, 0) is 0 Å². The molecule has 14 heavy (non-hydrogen) atoms. The molecule has 0 aromatic carbocycles. The van der Waals surface area contributed by atoms with E-state index in [9.17, 15) is 19.2 Å². The van der Waals surface area contributed by atoms with E-state index < -0.39 is 23.9 Å². The highest BCUT2D eigenvalue weighted by Crippen LogP contribution is 1.99. The predicted molar refractivity (Wildman–Crippen MR) is 40.8 cm³/mol. The molecule has 0 atom stereocenters. The number of ether oxygens (including phenoxy) is 1. The lowest BCUT2D eigenvalue weighted by atomic mass is 10.5. The van der Waals surface area contributed by atoms with Gasteiger partial charge in [-0.25, -0.2) is 9.59 Å². The number of imide groups is 2. The zero-order valence-electron chi connectivity index (χ0n) is 6.98. The van der Waals surface area contributed by atoms with Crippen LogP contribution in [0.2, 0.25) is 0 Å². The topological polar surface area (TPSA) is 119 Å². The van der Waals surface area contributed by atoms with Gasteiger partial charge in [0, 0.05) is 0 Å². The maximum absolute atomic E-state index is 10.9. The molecule has 0 aromatic heterocycles. The molecule has 1 aliphatic heterocycles. The predicted octanol–water partition coefficient (Wildman–Crippen LogP) is -1.84. The number of nitrogens with zero attached hydrogens (tertiary/aromatic N) is 1. The van der Waals surface area contributed by atoms with Gasteiger partial charge in [0.05, 0.1) is 6.54 Å². The summed E-state index contributed by atoms with van der Waals surface area (Å²) in [6, 6.07) is -0.826. The highest BCUT2D eigenvalue weighted by Gasteiger charge is 2.36. The Morgan fingerprint density at radius 1 is 1.43 bits per heavy atom. The van der Waals surface area contributed by atoms with Gasteiger partial charge >= 0.3 is 23.9 Å². The first kappa shape index (κ1) is 9.96. The number of carbonyl (C=O) groups is 4. The molecule has 0 aliphatic carbocycles. The molecule has 1 heterocycles. The van der Waals surface area contributed by atoms with Crippen LogP contribution in [-0.4, -0.2) is 42.0 Å². The van der Waals surface area contributed by atoms with Gasteiger partial charge in [0.15, 0.2) is 0 Å². The van der Waals surface area contributed by atoms with Gasteiger partial charge in [-0.2, -0.15) is 0 Å². The largest absolute Gasteiger partial charge is 0.448 e. The van der Waals surface area contributed by atoms with Crippen LogP contribution in [0.1, 0.15) is 0 Å². The number of nitrogens with one attached hydrogen (secondary N) is 1. The SMILES string of the molecule is NC(=O)OCCN1C(=O)NC(=O)C1=O. The fraction of sp³-hybridized carbons (Fsp3) is 0.333. The molecule has 1 rings (SSSR count). The highest BCUT2D eigenvalue weighted by molar-refractivity contribution is 6.44. The molecular weight excluding hydrogens is 194 g/mol. The Hall–Kier alpha value is -2.12. The highest BCUT2D eigenvalue weighted by atomic mass is 16.5. The molecule has 8 nitrogen and oxygen atoms in total. The number of urea groups is 1. The van der Waals surface area contributed by atoms with Crippen molar-refractivity contribution in [3.63, 3.8) is 0 Å². The molecule has 76 valence electrons. The number of hydrogen-bond acceptors (Lipinski definition) is 5. The molecule has 0 saturated carbocycles. The van der Waals surface area contributed by atoms with Crippen LogP contribution >= 0.6 is 0 Å². The van der Waals surface area contributed by atoms with Crippen LogP contribution in [0, 0.1) is 0 Å². The lowest BCUT2D eigenvalue weighted by Crippen LogP contribution is -2.35. The second-order valence-corrected chi connectivity index (χ2v) is 2.38. The molecule has 1 fully saturated rings. The number of carbonyl (C=O) groups excluding carboxylic acids is 4. The van der Waals surface area contributed by atoms with Gasteiger partial charge in [0.2, 0.25) is 0 Å². The molecule has 1 saturated heterocycles. The second-order valence-electron chi connectivity index (χ2n) is 2.38. The molecule has 3 N–H and O–H groups in total. The Morgan fingerprint density at radius 3 is 2.50 bits per heavy atom. The van der Waals surface area contributed by atoms with Gasteiger partial charge < -0.3 is 10.5 Å². The zero-order valence-corrected chi connectivity index (χ0v) is 6.98. The fourth-order valence-corrected chi connectivity index (χ4v) is 0.873. The average molecular weight is 201 g/mol. The third kappa shape index (κ3) is 1.97. The fourth-order valence-electron chi connectivity index (χ4n) is 0.873. The number of hydrogen-bond donors (Lipinski definition) is 2. The molecule has 0 unspecified atom stereocenters. The van der Waals surface area contributed by atoms with Gasteiger partial charge in [-0.15, -0.1) is 0 Å². The summed E-state index contributed by atoms with van der Waals surface area (Å²) in [6.07, 6.45) is -1.01. The van der Waals surface area contributed by atoms with E-state index in [1.54, 1.807) is 5.32 Å². The molecule has 0 spiro atoms. The van der Waals surface area contributed by atoms with Crippen molar-refractivity contribution in [2.45, 2.75) is 0 Å². The minimum Gasteiger partial charge on any atom is -0.448 e. The first-order chi connectivity index (χ1) is 6.52. The quantitative estimate of drug-likeness (QED) is 0.410. The summed E-state index contributed by atoms with van der Waals surface area (Å²) in [5.74, 6) is -1.96. The average Bonchev–Trinajstić information content (AvgIpc) is 2.31. The van der Waals surface area contributed by atoms with Crippen LogP contribution in [-0.2, 0) is 14.3 Å². The van der Waals surface area contributed by atoms with E-state index in [4.69, 9.17) is 0 Å². The summed E-state index contributed by atoms with van der Waals surface area (Å²) < 4.78 is 4.29. The summed E-state index contributed by atoms with van der Waals surface area (Å²) in [7, 11) is 0. The van der Waals surface area contributed by atoms with Crippen LogP contribution in [0.4, 0.5) is 9.59 Å². The van der Waals surface area contributed by atoms with Gasteiger partial charge in [-0.3, -0.25) is 19.8 Å². The number of nitrogens with two attached hydrogens (primary N) is 1. The third-order valence-corrected chi connectivity index (χ3v) is 1.46. The van der Waals surface area contributed by atoms with Crippen LogP contribution in [0.5, 0.6) is 0 Å². The van der Waals surface area contributed by atoms with Crippen LogP contribution in [0.3, 0.4) is 0 Å². The molecule has 0 bridgehead atoms. The van der Waals surface area contributed by atoms with E-state index in [-0.39, 0.29) is 13.2 Å². The molecule has 5 amide bonds. The first-order valence-corrected chi connectivity index (χ1v) is 3.61. The van der Waals surface area contributed by atoms with Crippen molar-refractivity contribution in [3.8, 4) is 0 Å². The Morgan fingerprint density at radius 2 is 2.07 bits per heavy atom. The van der Waals surface area contributed by atoms with Crippen LogP contribution in [0.15, 0.2) is 0 Å². The Bertz CT molecular complexity index is 313. The van der Waals surface area contributed by atoms with Crippen LogP contribution in [0.25, 0.3) is 0 Å². The van der Waals surface area contributed by atoms with Crippen LogP contribution < -0.4 is 11.1 Å². The second kappa shape index (κ2) is 3.73.